The third-order valence-corrected chi connectivity index (χ3v) is 4.33. The van der Waals surface area contributed by atoms with E-state index < -0.39 is 23.9 Å². The molecule has 3 aromatic carbocycles. The van der Waals surface area contributed by atoms with E-state index in [2.05, 4.69) is 5.32 Å². The maximum absolute atomic E-state index is 12.3. The van der Waals surface area contributed by atoms with Crippen molar-refractivity contribution in [3.05, 3.63) is 77.9 Å². The SMILES string of the molecule is C[C@@H](OC(=O)Cc1cccc2ccccc12)C(=O)Nc1ccc(C(N)=O)cc1. The van der Waals surface area contributed by atoms with Crippen LogP contribution in [-0.2, 0) is 20.7 Å². The summed E-state index contributed by atoms with van der Waals surface area (Å²) in [4.78, 5) is 35.6. The van der Waals surface area contributed by atoms with Crippen LogP contribution in [0.1, 0.15) is 22.8 Å². The van der Waals surface area contributed by atoms with Crippen molar-refractivity contribution in [2.75, 3.05) is 5.32 Å². The minimum atomic E-state index is -0.960. The highest BCUT2D eigenvalue weighted by atomic mass is 16.5. The van der Waals surface area contributed by atoms with Crippen molar-refractivity contribution in [2.24, 2.45) is 5.73 Å². The van der Waals surface area contributed by atoms with Crippen LogP contribution < -0.4 is 11.1 Å². The molecule has 1 atom stereocenters. The summed E-state index contributed by atoms with van der Waals surface area (Å²) >= 11 is 0. The summed E-state index contributed by atoms with van der Waals surface area (Å²) in [6.45, 7) is 1.51. The van der Waals surface area contributed by atoms with E-state index >= 15 is 0 Å². The lowest BCUT2D eigenvalue weighted by Gasteiger charge is -2.14. The molecule has 28 heavy (non-hydrogen) atoms. The van der Waals surface area contributed by atoms with Crippen molar-refractivity contribution in [2.45, 2.75) is 19.4 Å². The summed E-state index contributed by atoms with van der Waals surface area (Å²) in [5.74, 6) is -1.49. The van der Waals surface area contributed by atoms with Gasteiger partial charge in [0.05, 0.1) is 6.42 Å². The van der Waals surface area contributed by atoms with E-state index in [1.54, 1.807) is 12.1 Å². The van der Waals surface area contributed by atoms with Crippen LogP contribution in [0.3, 0.4) is 0 Å². The Morgan fingerprint density at radius 3 is 2.36 bits per heavy atom. The number of esters is 1. The average Bonchev–Trinajstić information content (AvgIpc) is 2.68. The van der Waals surface area contributed by atoms with Crippen LogP contribution in [0.5, 0.6) is 0 Å². The highest BCUT2D eigenvalue weighted by Crippen LogP contribution is 2.19. The van der Waals surface area contributed by atoms with Gasteiger partial charge in [-0.2, -0.15) is 0 Å². The number of carbonyl (C=O) groups excluding carboxylic acids is 3. The highest BCUT2D eigenvalue weighted by Gasteiger charge is 2.19. The zero-order valence-corrected chi connectivity index (χ0v) is 15.3. The van der Waals surface area contributed by atoms with Crippen LogP contribution in [0.15, 0.2) is 66.7 Å². The van der Waals surface area contributed by atoms with Gasteiger partial charge >= 0.3 is 5.97 Å². The lowest BCUT2D eigenvalue weighted by Crippen LogP contribution is -2.30. The number of carbonyl (C=O) groups is 3. The fraction of sp³-hybridized carbons (Fsp3) is 0.136. The summed E-state index contributed by atoms with van der Waals surface area (Å²) < 4.78 is 5.27. The second-order valence-corrected chi connectivity index (χ2v) is 6.38. The standard InChI is InChI=1S/C22H20N2O4/c1-14(22(27)24-18-11-9-16(10-12-18)21(23)26)28-20(25)13-17-7-4-6-15-5-2-3-8-19(15)17/h2-12,14H,13H2,1H3,(H2,23,26)(H,24,27)/t14-/m1/s1. The lowest BCUT2D eigenvalue weighted by molar-refractivity contribution is -0.152. The molecule has 0 fully saturated rings. The highest BCUT2D eigenvalue weighted by molar-refractivity contribution is 5.97. The number of nitrogens with one attached hydrogen (secondary N) is 1. The molecular weight excluding hydrogens is 356 g/mol. The quantitative estimate of drug-likeness (QED) is 0.646. The van der Waals surface area contributed by atoms with Crippen molar-refractivity contribution >= 4 is 34.2 Å². The fourth-order valence-corrected chi connectivity index (χ4v) is 2.86. The number of hydrogen-bond donors (Lipinski definition) is 2. The Hall–Kier alpha value is -3.67. The van der Waals surface area contributed by atoms with E-state index in [0.717, 1.165) is 16.3 Å². The van der Waals surface area contributed by atoms with Crippen molar-refractivity contribution in [1.29, 1.82) is 0 Å². The number of anilines is 1. The molecule has 0 aliphatic rings. The van der Waals surface area contributed by atoms with Crippen molar-refractivity contribution < 1.29 is 19.1 Å². The average molecular weight is 376 g/mol. The smallest absolute Gasteiger partial charge is 0.311 e. The minimum absolute atomic E-state index is 0.0757. The number of primary amides is 1. The maximum Gasteiger partial charge on any atom is 0.311 e. The van der Waals surface area contributed by atoms with E-state index in [4.69, 9.17) is 10.5 Å². The van der Waals surface area contributed by atoms with Crippen LogP contribution in [-0.4, -0.2) is 23.9 Å². The zero-order valence-electron chi connectivity index (χ0n) is 15.3. The molecule has 0 radical (unpaired) electrons. The number of fused-ring (bicyclic) bond motifs is 1. The number of hydrogen-bond acceptors (Lipinski definition) is 4. The van der Waals surface area contributed by atoms with Crippen molar-refractivity contribution in [3.8, 4) is 0 Å². The molecule has 142 valence electrons. The Morgan fingerprint density at radius 2 is 1.64 bits per heavy atom. The molecular formula is C22H20N2O4. The number of rotatable bonds is 6. The third kappa shape index (κ3) is 4.54. The van der Waals surface area contributed by atoms with Crippen LogP contribution in [0.2, 0.25) is 0 Å². The monoisotopic (exact) mass is 376 g/mol. The fourth-order valence-electron chi connectivity index (χ4n) is 2.86. The van der Waals surface area contributed by atoms with Gasteiger partial charge in [0.1, 0.15) is 0 Å². The second kappa shape index (κ2) is 8.35. The minimum Gasteiger partial charge on any atom is -0.452 e. The summed E-state index contributed by atoms with van der Waals surface area (Å²) in [7, 11) is 0. The van der Waals surface area contributed by atoms with Crippen LogP contribution in [0.4, 0.5) is 5.69 Å². The Morgan fingerprint density at radius 1 is 0.964 bits per heavy atom. The molecule has 0 saturated heterocycles. The molecule has 0 aliphatic carbocycles. The molecule has 2 amide bonds. The summed E-state index contributed by atoms with van der Waals surface area (Å²) in [5.41, 5.74) is 6.85. The number of nitrogens with two attached hydrogens (primary N) is 1. The molecule has 0 aliphatic heterocycles. The van der Waals surface area contributed by atoms with E-state index in [0.29, 0.717) is 11.3 Å². The van der Waals surface area contributed by atoms with E-state index in [-0.39, 0.29) is 6.42 Å². The van der Waals surface area contributed by atoms with Crippen LogP contribution in [0, 0.1) is 0 Å². The second-order valence-electron chi connectivity index (χ2n) is 6.38. The summed E-state index contributed by atoms with van der Waals surface area (Å²) in [6.07, 6.45) is -0.884. The van der Waals surface area contributed by atoms with Crippen LogP contribution >= 0.6 is 0 Å². The Bertz CT molecular complexity index is 1020. The largest absolute Gasteiger partial charge is 0.452 e. The van der Waals surface area contributed by atoms with Gasteiger partial charge in [0.2, 0.25) is 5.91 Å². The Kier molecular flexibility index (Phi) is 5.69. The summed E-state index contributed by atoms with van der Waals surface area (Å²) in [6, 6.07) is 19.6. The molecule has 0 unspecified atom stereocenters. The molecule has 3 aromatic rings. The first kappa shape index (κ1) is 19.1. The summed E-state index contributed by atoms with van der Waals surface area (Å²) in [5, 5.41) is 4.66. The third-order valence-electron chi connectivity index (χ3n) is 4.33. The molecule has 3 rings (SSSR count). The van der Waals surface area contributed by atoms with Gasteiger partial charge in [-0.15, -0.1) is 0 Å². The predicted molar refractivity (Wildman–Crippen MR) is 107 cm³/mol. The van der Waals surface area contributed by atoms with E-state index in [1.165, 1.54) is 19.1 Å². The number of amides is 2. The van der Waals surface area contributed by atoms with Gasteiger partial charge in [0.15, 0.2) is 6.10 Å². The molecule has 3 N–H and O–H groups in total. The van der Waals surface area contributed by atoms with Gasteiger partial charge in [-0.3, -0.25) is 14.4 Å². The Balaban J connectivity index is 1.60. The molecule has 0 spiro atoms. The molecule has 6 nitrogen and oxygen atoms in total. The van der Waals surface area contributed by atoms with Gasteiger partial charge in [0, 0.05) is 11.3 Å². The van der Waals surface area contributed by atoms with Gasteiger partial charge in [0.25, 0.3) is 5.91 Å². The maximum atomic E-state index is 12.3. The van der Waals surface area contributed by atoms with Gasteiger partial charge in [-0.05, 0) is 47.5 Å². The first-order chi connectivity index (χ1) is 13.4. The molecule has 6 heteroatoms. The van der Waals surface area contributed by atoms with E-state index in [1.807, 2.05) is 42.5 Å². The van der Waals surface area contributed by atoms with Gasteiger partial charge < -0.3 is 15.8 Å². The molecule has 0 heterocycles. The van der Waals surface area contributed by atoms with Crippen LogP contribution in [0.25, 0.3) is 10.8 Å². The first-order valence-corrected chi connectivity index (χ1v) is 8.81. The lowest BCUT2D eigenvalue weighted by atomic mass is 10.0. The van der Waals surface area contributed by atoms with Crippen molar-refractivity contribution in [3.63, 3.8) is 0 Å². The van der Waals surface area contributed by atoms with Gasteiger partial charge in [-0.25, -0.2) is 0 Å². The molecule has 0 saturated carbocycles. The van der Waals surface area contributed by atoms with Crippen molar-refractivity contribution in [1.82, 2.24) is 0 Å². The number of benzene rings is 3. The first-order valence-electron chi connectivity index (χ1n) is 8.81. The molecule has 0 bridgehead atoms. The molecule has 0 aromatic heterocycles. The number of ether oxygens (including phenoxy) is 1. The predicted octanol–water partition coefficient (Wildman–Crippen LogP) is 3.05. The zero-order chi connectivity index (χ0) is 20.1. The van der Waals surface area contributed by atoms with Gasteiger partial charge in [-0.1, -0.05) is 42.5 Å². The normalized spacial score (nSPS) is 11.6. The Labute approximate surface area is 162 Å². The van der Waals surface area contributed by atoms with E-state index in [9.17, 15) is 14.4 Å². The topological polar surface area (TPSA) is 98.5 Å².